The Hall–Kier alpha value is -1.56. The highest BCUT2D eigenvalue weighted by atomic mass is 16.5. The highest BCUT2D eigenvalue weighted by molar-refractivity contribution is 5.83. The van der Waals surface area contributed by atoms with Crippen LogP contribution in [0.5, 0.6) is 0 Å². The number of amides is 1. The second-order valence-electron chi connectivity index (χ2n) is 2.60. The Balaban J connectivity index is 2.46. The van der Waals surface area contributed by atoms with E-state index in [-0.39, 0.29) is 0 Å². The van der Waals surface area contributed by atoms with Gasteiger partial charge in [0.25, 0.3) is 0 Å². The summed E-state index contributed by atoms with van der Waals surface area (Å²) in [7, 11) is 2.93. The van der Waals surface area contributed by atoms with Crippen molar-refractivity contribution >= 4 is 11.8 Å². The van der Waals surface area contributed by atoms with Gasteiger partial charge in [0.05, 0.1) is 32.1 Å². The van der Waals surface area contributed by atoms with E-state index in [0.29, 0.717) is 18.8 Å². The first-order valence-corrected chi connectivity index (χ1v) is 4.12. The number of methoxy groups -OCH3 is 2. The van der Waals surface area contributed by atoms with E-state index in [1.54, 1.807) is 24.2 Å². The maximum Gasteiger partial charge on any atom is 0.411 e. The molecule has 0 bridgehead atoms. The van der Waals surface area contributed by atoms with E-state index in [1.807, 2.05) is 0 Å². The molecule has 0 fully saturated rings. The van der Waals surface area contributed by atoms with Gasteiger partial charge in [-0.15, -0.1) is 0 Å². The molecule has 1 aromatic rings. The van der Waals surface area contributed by atoms with Crippen LogP contribution in [-0.4, -0.2) is 36.7 Å². The van der Waals surface area contributed by atoms with Crippen LogP contribution < -0.4 is 5.32 Å². The summed E-state index contributed by atoms with van der Waals surface area (Å²) in [6.07, 6.45) is 2.75. The van der Waals surface area contributed by atoms with Gasteiger partial charge in [-0.1, -0.05) is 0 Å². The van der Waals surface area contributed by atoms with Gasteiger partial charge in [0.15, 0.2) is 0 Å². The van der Waals surface area contributed by atoms with Crippen molar-refractivity contribution in [2.75, 3.05) is 26.1 Å². The van der Waals surface area contributed by atoms with E-state index in [4.69, 9.17) is 4.74 Å². The number of ether oxygens (including phenoxy) is 2. The van der Waals surface area contributed by atoms with Gasteiger partial charge in [-0.2, -0.15) is 5.10 Å². The fourth-order valence-corrected chi connectivity index (χ4v) is 0.904. The Morgan fingerprint density at radius 2 is 2.43 bits per heavy atom. The molecule has 0 saturated carbocycles. The molecule has 0 atom stereocenters. The number of rotatable bonds is 4. The number of aromatic nitrogens is 2. The van der Waals surface area contributed by atoms with Crippen LogP contribution in [0.1, 0.15) is 0 Å². The number of carbonyl (C=O) groups is 1. The van der Waals surface area contributed by atoms with E-state index < -0.39 is 6.09 Å². The van der Waals surface area contributed by atoms with E-state index in [9.17, 15) is 4.79 Å². The third-order valence-electron chi connectivity index (χ3n) is 1.59. The Bertz CT molecular complexity index is 298. The summed E-state index contributed by atoms with van der Waals surface area (Å²) in [5, 5.41) is 6.51. The van der Waals surface area contributed by atoms with Gasteiger partial charge in [0.2, 0.25) is 0 Å². The van der Waals surface area contributed by atoms with E-state index in [2.05, 4.69) is 15.2 Å². The van der Waals surface area contributed by atoms with Gasteiger partial charge >= 0.3 is 6.09 Å². The molecular weight excluding hydrogens is 186 g/mol. The molecule has 78 valence electrons. The summed E-state index contributed by atoms with van der Waals surface area (Å²) >= 11 is 0. The van der Waals surface area contributed by atoms with Gasteiger partial charge in [-0.25, -0.2) is 4.79 Å². The molecule has 14 heavy (non-hydrogen) atoms. The quantitative estimate of drug-likeness (QED) is 0.775. The predicted octanol–water partition coefficient (Wildman–Crippen LogP) is 0.708. The minimum Gasteiger partial charge on any atom is -0.453 e. The third kappa shape index (κ3) is 3.06. The number of anilines is 1. The van der Waals surface area contributed by atoms with Gasteiger partial charge in [-0.3, -0.25) is 10.00 Å². The maximum absolute atomic E-state index is 10.8. The first-order valence-electron chi connectivity index (χ1n) is 4.12. The van der Waals surface area contributed by atoms with Gasteiger partial charge in [-0.05, 0) is 0 Å². The molecule has 0 saturated heterocycles. The van der Waals surface area contributed by atoms with Crippen molar-refractivity contribution in [3.63, 3.8) is 0 Å². The van der Waals surface area contributed by atoms with Crippen LogP contribution in [0.4, 0.5) is 10.5 Å². The highest BCUT2D eigenvalue weighted by Crippen LogP contribution is 2.04. The topological polar surface area (TPSA) is 65.4 Å². The molecule has 0 aliphatic rings. The van der Waals surface area contributed by atoms with E-state index in [1.165, 1.54) is 7.11 Å². The Labute approximate surface area is 81.8 Å². The van der Waals surface area contributed by atoms with Crippen LogP contribution in [0.15, 0.2) is 12.4 Å². The molecule has 0 aliphatic heterocycles. The molecule has 0 unspecified atom stereocenters. The van der Waals surface area contributed by atoms with Crippen LogP contribution in [0.25, 0.3) is 0 Å². The first kappa shape index (κ1) is 10.5. The van der Waals surface area contributed by atoms with Crippen LogP contribution in [0.2, 0.25) is 0 Å². The van der Waals surface area contributed by atoms with Crippen molar-refractivity contribution in [3.8, 4) is 0 Å². The largest absolute Gasteiger partial charge is 0.453 e. The minimum absolute atomic E-state index is 0.503. The number of nitrogens with one attached hydrogen (secondary N) is 1. The standard InChI is InChI=1S/C8H13N3O3/c1-13-4-3-11-6-7(5-9-11)10-8(12)14-2/h5-6H,3-4H2,1-2H3,(H,10,12). The Morgan fingerprint density at radius 3 is 3.07 bits per heavy atom. The Morgan fingerprint density at radius 1 is 1.64 bits per heavy atom. The molecule has 6 nitrogen and oxygen atoms in total. The van der Waals surface area contributed by atoms with Crippen molar-refractivity contribution in [2.45, 2.75) is 6.54 Å². The molecule has 1 heterocycles. The summed E-state index contributed by atoms with van der Waals surface area (Å²) < 4.78 is 11.0. The highest BCUT2D eigenvalue weighted by Gasteiger charge is 2.02. The molecule has 0 aromatic carbocycles. The number of hydrogen-bond acceptors (Lipinski definition) is 4. The number of carbonyl (C=O) groups excluding carboxylic acids is 1. The predicted molar refractivity (Wildman–Crippen MR) is 50.1 cm³/mol. The third-order valence-corrected chi connectivity index (χ3v) is 1.59. The van der Waals surface area contributed by atoms with Crippen molar-refractivity contribution in [3.05, 3.63) is 12.4 Å². The second kappa shape index (κ2) is 5.23. The lowest BCUT2D eigenvalue weighted by Gasteiger charge is -1.99. The van der Waals surface area contributed by atoms with Crippen molar-refractivity contribution in [1.29, 1.82) is 0 Å². The molecule has 0 radical (unpaired) electrons. The average Bonchev–Trinajstić information content (AvgIpc) is 2.62. The lowest BCUT2D eigenvalue weighted by Crippen LogP contribution is -2.10. The maximum atomic E-state index is 10.8. The van der Waals surface area contributed by atoms with Crippen molar-refractivity contribution in [1.82, 2.24) is 9.78 Å². The number of nitrogens with zero attached hydrogens (tertiary/aromatic N) is 2. The molecular formula is C8H13N3O3. The molecule has 6 heteroatoms. The molecule has 1 N–H and O–H groups in total. The molecule has 1 amide bonds. The molecule has 0 spiro atoms. The summed E-state index contributed by atoms with van der Waals surface area (Å²) in [6, 6.07) is 0. The summed E-state index contributed by atoms with van der Waals surface area (Å²) in [5.74, 6) is 0. The average molecular weight is 199 g/mol. The van der Waals surface area contributed by atoms with Crippen LogP contribution >= 0.6 is 0 Å². The van der Waals surface area contributed by atoms with E-state index >= 15 is 0 Å². The second-order valence-corrected chi connectivity index (χ2v) is 2.60. The zero-order chi connectivity index (χ0) is 10.4. The monoisotopic (exact) mass is 199 g/mol. The summed E-state index contributed by atoms with van der Waals surface area (Å²) in [4.78, 5) is 10.8. The lowest BCUT2D eigenvalue weighted by molar-refractivity contribution is 0.183. The molecule has 1 aromatic heterocycles. The van der Waals surface area contributed by atoms with Crippen LogP contribution in [0.3, 0.4) is 0 Å². The summed E-state index contributed by atoms with van der Waals surface area (Å²) in [5.41, 5.74) is 0.605. The molecule has 0 aliphatic carbocycles. The SMILES string of the molecule is COCCn1cc(NC(=O)OC)cn1. The zero-order valence-corrected chi connectivity index (χ0v) is 8.19. The van der Waals surface area contributed by atoms with Crippen LogP contribution in [0, 0.1) is 0 Å². The van der Waals surface area contributed by atoms with Crippen molar-refractivity contribution in [2.24, 2.45) is 0 Å². The smallest absolute Gasteiger partial charge is 0.411 e. The van der Waals surface area contributed by atoms with Gasteiger partial charge < -0.3 is 9.47 Å². The number of hydrogen-bond donors (Lipinski definition) is 1. The fourth-order valence-electron chi connectivity index (χ4n) is 0.904. The first-order chi connectivity index (χ1) is 6.76. The zero-order valence-electron chi connectivity index (χ0n) is 8.19. The van der Waals surface area contributed by atoms with Gasteiger partial charge in [0.1, 0.15) is 0 Å². The fraction of sp³-hybridized carbons (Fsp3) is 0.500. The van der Waals surface area contributed by atoms with Crippen LogP contribution in [-0.2, 0) is 16.0 Å². The molecule has 1 rings (SSSR count). The van der Waals surface area contributed by atoms with E-state index in [0.717, 1.165) is 0 Å². The normalized spacial score (nSPS) is 9.86. The minimum atomic E-state index is -0.503. The van der Waals surface area contributed by atoms with Gasteiger partial charge in [0, 0.05) is 13.3 Å². The van der Waals surface area contributed by atoms with Crippen molar-refractivity contribution < 1.29 is 14.3 Å². The Kier molecular flexibility index (Phi) is 3.93. The summed E-state index contributed by atoms with van der Waals surface area (Å²) in [6.45, 7) is 1.23. The lowest BCUT2D eigenvalue weighted by atomic mass is 10.6.